The molecule has 20 heavy (non-hydrogen) atoms. The van der Waals surface area contributed by atoms with Crippen molar-refractivity contribution in [2.45, 2.75) is 0 Å². The maximum absolute atomic E-state index is 11.0. The van der Waals surface area contributed by atoms with Crippen LogP contribution in [0.1, 0.15) is 10.4 Å². The van der Waals surface area contributed by atoms with Gasteiger partial charge in [-0.3, -0.25) is 4.57 Å². The lowest BCUT2D eigenvalue weighted by Gasteiger charge is -2.06. The van der Waals surface area contributed by atoms with Crippen molar-refractivity contribution in [1.29, 1.82) is 0 Å². The highest BCUT2D eigenvalue weighted by molar-refractivity contribution is 5.89. The number of carbonyl (C=O) groups is 1. The largest absolute Gasteiger partial charge is 0.478 e. The Morgan fingerprint density at radius 1 is 1.05 bits per heavy atom. The molecule has 0 saturated carbocycles. The van der Waals surface area contributed by atoms with E-state index in [2.05, 4.69) is 10.2 Å². The first-order valence-corrected chi connectivity index (χ1v) is 6.05. The summed E-state index contributed by atoms with van der Waals surface area (Å²) in [7, 11) is 0. The lowest BCUT2D eigenvalue weighted by atomic mass is 10.1. The molecule has 0 aliphatic rings. The van der Waals surface area contributed by atoms with E-state index in [-0.39, 0.29) is 5.56 Å². The van der Waals surface area contributed by atoms with Crippen LogP contribution >= 0.6 is 0 Å². The molecule has 0 aliphatic carbocycles. The summed E-state index contributed by atoms with van der Waals surface area (Å²) in [6.07, 6.45) is 1.61. The molecule has 0 aliphatic heterocycles. The van der Waals surface area contributed by atoms with Gasteiger partial charge in [0.2, 0.25) is 0 Å². The second-order valence-corrected chi connectivity index (χ2v) is 4.25. The standard InChI is InChI=1S/C15H11N3O2/c19-15(20)12-6-4-5-11(9-12)14-17-16-10-18(14)13-7-2-1-3-8-13/h1-10H,(H,19,20). The van der Waals surface area contributed by atoms with E-state index in [9.17, 15) is 4.79 Å². The molecule has 5 heteroatoms. The quantitative estimate of drug-likeness (QED) is 0.790. The Morgan fingerprint density at radius 3 is 2.60 bits per heavy atom. The third-order valence-corrected chi connectivity index (χ3v) is 2.95. The van der Waals surface area contributed by atoms with E-state index in [0.29, 0.717) is 11.4 Å². The molecule has 0 spiro atoms. The zero-order chi connectivity index (χ0) is 13.9. The number of hydrogen-bond donors (Lipinski definition) is 1. The zero-order valence-corrected chi connectivity index (χ0v) is 10.5. The van der Waals surface area contributed by atoms with E-state index in [1.54, 1.807) is 24.5 Å². The molecule has 0 radical (unpaired) electrons. The van der Waals surface area contributed by atoms with Crippen LogP contribution in [-0.2, 0) is 0 Å². The molecule has 1 N–H and O–H groups in total. The van der Waals surface area contributed by atoms with Crippen molar-refractivity contribution in [3.05, 3.63) is 66.5 Å². The first-order chi connectivity index (χ1) is 9.75. The monoisotopic (exact) mass is 265 g/mol. The molecule has 3 aromatic rings. The number of carboxylic acid groups (broad SMARTS) is 1. The normalized spacial score (nSPS) is 10.4. The average Bonchev–Trinajstić information content (AvgIpc) is 2.98. The van der Waals surface area contributed by atoms with Gasteiger partial charge < -0.3 is 5.11 Å². The van der Waals surface area contributed by atoms with Crippen molar-refractivity contribution >= 4 is 5.97 Å². The minimum absolute atomic E-state index is 0.227. The Bertz CT molecular complexity index is 751. The lowest BCUT2D eigenvalue weighted by molar-refractivity contribution is 0.0697. The fraction of sp³-hybridized carbons (Fsp3) is 0. The second kappa shape index (κ2) is 4.97. The Hall–Kier alpha value is -2.95. The molecule has 0 bridgehead atoms. The molecule has 0 amide bonds. The molecular weight excluding hydrogens is 254 g/mol. The van der Waals surface area contributed by atoms with Gasteiger partial charge in [-0.2, -0.15) is 0 Å². The number of benzene rings is 2. The summed E-state index contributed by atoms with van der Waals surface area (Å²) in [5.74, 6) is -0.350. The van der Waals surface area contributed by atoms with Gasteiger partial charge in [-0.1, -0.05) is 30.3 Å². The Kier molecular flexibility index (Phi) is 3.01. The summed E-state index contributed by atoms with van der Waals surface area (Å²) in [6.45, 7) is 0. The molecule has 2 aromatic carbocycles. The van der Waals surface area contributed by atoms with Gasteiger partial charge in [-0.15, -0.1) is 10.2 Å². The highest BCUT2D eigenvalue weighted by Crippen LogP contribution is 2.21. The SMILES string of the molecule is O=C(O)c1cccc(-c2nncn2-c2ccccc2)c1. The van der Waals surface area contributed by atoms with Crippen LogP contribution in [0.15, 0.2) is 60.9 Å². The molecule has 0 fully saturated rings. The van der Waals surface area contributed by atoms with E-state index in [0.717, 1.165) is 5.69 Å². The topological polar surface area (TPSA) is 68.0 Å². The van der Waals surface area contributed by atoms with E-state index in [1.807, 2.05) is 41.0 Å². The number of para-hydroxylation sites is 1. The van der Waals surface area contributed by atoms with E-state index < -0.39 is 5.97 Å². The lowest BCUT2D eigenvalue weighted by Crippen LogP contribution is -1.99. The van der Waals surface area contributed by atoms with Crippen molar-refractivity contribution in [2.75, 3.05) is 0 Å². The maximum atomic E-state index is 11.0. The van der Waals surface area contributed by atoms with E-state index >= 15 is 0 Å². The highest BCUT2D eigenvalue weighted by Gasteiger charge is 2.11. The molecule has 5 nitrogen and oxygen atoms in total. The predicted molar refractivity (Wildman–Crippen MR) is 73.8 cm³/mol. The van der Waals surface area contributed by atoms with Crippen molar-refractivity contribution < 1.29 is 9.90 Å². The van der Waals surface area contributed by atoms with Crippen LogP contribution in [0, 0.1) is 0 Å². The molecule has 3 rings (SSSR count). The maximum Gasteiger partial charge on any atom is 0.335 e. The average molecular weight is 265 g/mol. The third kappa shape index (κ3) is 2.16. The van der Waals surface area contributed by atoms with Gasteiger partial charge in [0.1, 0.15) is 6.33 Å². The first-order valence-electron chi connectivity index (χ1n) is 6.05. The summed E-state index contributed by atoms with van der Waals surface area (Å²) >= 11 is 0. The predicted octanol–water partition coefficient (Wildman–Crippen LogP) is 2.63. The first kappa shape index (κ1) is 12.1. The van der Waals surface area contributed by atoms with E-state index in [4.69, 9.17) is 5.11 Å². The van der Waals surface area contributed by atoms with Gasteiger partial charge >= 0.3 is 5.97 Å². The Labute approximate surface area is 115 Å². The summed E-state index contributed by atoms with van der Waals surface area (Å²) < 4.78 is 1.82. The number of hydrogen-bond acceptors (Lipinski definition) is 3. The van der Waals surface area contributed by atoms with Crippen molar-refractivity contribution in [3.8, 4) is 17.1 Å². The summed E-state index contributed by atoms with van der Waals surface area (Å²) in [5.41, 5.74) is 1.87. The molecular formula is C15H11N3O2. The number of carboxylic acids is 1. The minimum atomic E-state index is -0.961. The van der Waals surface area contributed by atoms with Gasteiger partial charge in [0, 0.05) is 11.3 Å². The summed E-state index contributed by atoms with van der Waals surface area (Å²) in [5, 5.41) is 17.0. The molecule has 0 saturated heterocycles. The molecule has 1 aromatic heterocycles. The van der Waals surface area contributed by atoms with Gasteiger partial charge in [-0.05, 0) is 24.3 Å². The molecule has 0 unspecified atom stereocenters. The van der Waals surface area contributed by atoms with Crippen LogP contribution in [0.3, 0.4) is 0 Å². The zero-order valence-electron chi connectivity index (χ0n) is 10.5. The van der Waals surface area contributed by atoms with Crippen molar-refractivity contribution in [2.24, 2.45) is 0 Å². The number of aromatic nitrogens is 3. The van der Waals surface area contributed by atoms with Crippen molar-refractivity contribution in [3.63, 3.8) is 0 Å². The smallest absolute Gasteiger partial charge is 0.335 e. The number of nitrogens with zero attached hydrogens (tertiary/aromatic N) is 3. The van der Waals surface area contributed by atoms with Crippen LogP contribution in [0.25, 0.3) is 17.1 Å². The molecule has 98 valence electrons. The van der Waals surface area contributed by atoms with Crippen LogP contribution in [-0.4, -0.2) is 25.8 Å². The molecule has 0 atom stereocenters. The Morgan fingerprint density at radius 2 is 1.85 bits per heavy atom. The van der Waals surface area contributed by atoms with Crippen LogP contribution < -0.4 is 0 Å². The Balaban J connectivity index is 2.10. The molecule has 1 heterocycles. The van der Waals surface area contributed by atoms with Gasteiger partial charge in [-0.25, -0.2) is 4.79 Å². The second-order valence-electron chi connectivity index (χ2n) is 4.25. The van der Waals surface area contributed by atoms with Crippen LogP contribution in [0.5, 0.6) is 0 Å². The fourth-order valence-electron chi connectivity index (χ4n) is 2.00. The minimum Gasteiger partial charge on any atom is -0.478 e. The van der Waals surface area contributed by atoms with Crippen molar-refractivity contribution in [1.82, 2.24) is 14.8 Å². The van der Waals surface area contributed by atoms with E-state index in [1.165, 1.54) is 0 Å². The van der Waals surface area contributed by atoms with Crippen LogP contribution in [0.2, 0.25) is 0 Å². The highest BCUT2D eigenvalue weighted by atomic mass is 16.4. The summed E-state index contributed by atoms with van der Waals surface area (Å²) in [6, 6.07) is 16.3. The van der Waals surface area contributed by atoms with Gasteiger partial charge in [0.15, 0.2) is 5.82 Å². The van der Waals surface area contributed by atoms with Crippen LogP contribution in [0.4, 0.5) is 0 Å². The number of aromatic carboxylic acids is 1. The van der Waals surface area contributed by atoms with Gasteiger partial charge in [0.25, 0.3) is 0 Å². The number of rotatable bonds is 3. The third-order valence-electron chi connectivity index (χ3n) is 2.95. The summed E-state index contributed by atoms with van der Waals surface area (Å²) in [4.78, 5) is 11.0. The van der Waals surface area contributed by atoms with Gasteiger partial charge in [0.05, 0.1) is 5.56 Å². The fourth-order valence-corrected chi connectivity index (χ4v) is 2.00.